The van der Waals surface area contributed by atoms with Gasteiger partial charge in [-0.15, -0.1) is 11.3 Å². The van der Waals surface area contributed by atoms with Crippen molar-refractivity contribution in [3.05, 3.63) is 42.1 Å². The van der Waals surface area contributed by atoms with Gasteiger partial charge in [0.05, 0.1) is 0 Å². The number of benzene rings is 1. The van der Waals surface area contributed by atoms with Gasteiger partial charge in [-0.25, -0.2) is 9.78 Å². The van der Waals surface area contributed by atoms with Gasteiger partial charge in [0.15, 0.2) is 5.13 Å². The molecule has 28 heavy (non-hydrogen) atoms. The van der Waals surface area contributed by atoms with Crippen molar-refractivity contribution in [3.8, 4) is 0 Å². The third-order valence-electron chi connectivity index (χ3n) is 6.30. The summed E-state index contributed by atoms with van der Waals surface area (Å²) in [6.07, 6.45) is 12.0. The van der Waals surface area contributed by atoms with Crippen LogP contribution in [0.5, 0.6) is 0 Å². The number of carbonyl (C=O) groups excluding carboxylic acids is 1. The normalized spacial score (nSPS) is 23.3. The van der Waals surface area contributed by atoms with Crippen LogP contribution in [0.25, 0.3) is 0 Å². The molecule has 0 spiro atoms. The first-order valence-corrected chi connectivity index (χ1v) is 11.4. The van der Waals surface area contributed by atoms with E-state index in [1.807, 2.05) is 0 Å². The maximum Gasteiger partial charge on any atom is 0.324 e. The van der Waals surface area contributed by atoms with E-state index in [-0.39, 0.29) is 6.03 Å². The average Bonchev–Trinajstić information content (AvgIpc) is 3.15. The van der Waals surface area contributed by atoms with E-state index in [9.17, 15) is 4.79 Å². The molecule has 6 heteroatoms. The number of hydrogen-bond acceptors (Lipinski definition) is 3. The molecule has 2 saturated carbocycles. The summed E-state index contributed by atoms with van der Waals surface area (Å²) in [4.78, 5) is 19.6. The minimum atomic E-state index is 0.00408. The number of nitrogens with zero attached hydrogens (tertiary/aromatic N) is 2. The molecular weight excluding hydrogens is 365 g/mol. The molecule has 4 nitrogen and oxygen atoms in total. The van der Waals surface area contributed by atoms with E-state index in [1.54, 1.807) is 6.20 Å². The van der Waals surface area contributed by atoms with Crippen molar-refractivity contribution >= 4 is 35.1 Å². The number of hydrogen-bond donors (Lipinski definition) is 1. The fourth-order valence-corrected chi connectivity index (χ4v) is 5.47. The Morgan fingerprint density at radius 1 is 1.00 bits per heavy atom. The number of aromatic nitrogens is 1. The molecule has 2 aromatic rings. The summed E-state index contributed by atoms with van der Waals surface area (Å²) >= 11 is 1.33. The quantitative estimate of drug-likeness (QED) is 0.757. The molecule has 2 aliphatic rings. The van der Waals surface area contributed by atoms with Gasteiger partial charge < -0.3 is 4.90 Å². The van der Waals surface area contributed by atoms with Gasteiger partial charge in [-0.2, -0.15) is 0 Å². The molecule has 2 amide bonds. The molecule has 2 fully saturated rings. The first-order chi connectivity index (χ1) is 13.7. The summed E-state index contributed by atoms with van der Waals surface area (Å²) in [5.74, 6) is 0.618. The van der Waals surface area contributed by atoms with Gasteiger partial charge in [0.25, 0.3) is 0 Å². The van der Waals surface area contributed by atoms with Crippen molar-refractivity contribution in [2.24, 2.45) is 0 Å². The molecule has 4 rings (SSSR count). The molecule has 0 atom stereocenters. The number of nitrogens with one attached hydrogen (secondary N) is 1. The van der Waals surface area contributed by atoms with Crippen LogP contribution < -0.4 is 10.1 Å². The Balaban J connectivity index is 1.45. The second kappa shape index (κ2) is 9.12. The summed E-state index contributed by atoms with van der Waals surface area (Å²) < 4.78 is 0.628. The Morgan fingerprint density at radius 3 is 2.32 bits per heavy atom. The Labute approximate surface area is 173 Å². The Hall–Kier alpha value is -1.82. The molecule has 0 bridgehead atoms. The molecule has 1 N–H and O–H groups in total. The second-order valence-corrected chi connectivity index (χ2v) is 9.18. The fraction of sp³-hybridized carbons (Fsp3) is 0.545. The van der Waals surface area contributed by atoms with Crippen LogP contribution in [0.1, 0.15) is 69.3 Å². The molecule has 146 valence electrons. The molecule has 1 heterocycles. The smallest absolute Gasteiger partial charge is 0.319 e. The van der Waals surface area contributed by atoms with Crippen LogP contribution in [-0.4, -0.2) is 35.8 Å². The van der Waals surface area contributed by atoms with Gasteiger partial charge >= 0.3 is 6.03 Å². The third kappa shape index (κ3) is 4.60. The number of rotatable bonds is 4. The highest BCUT2D eigenvalue weighted by atomic mass is 32.1. The predicted molar refractivity (Wildman–Crippen MR) is 117 cm³/mol. The molecule has 0 saturated heterocycles. The zero-order valence-electron chi connectivity index (χ0n) is 16.3. The zero-order valence-corrected chi connectivity index (χ0v) is 17.2. The van der Waals surface area contributed by atoms with Crippen LogP contribution in [0.15, 0.2) is 36.5 Å². The molecule has 2 radical (unpaired) electrons. The zero-order chi connectivity index (χ0) is 19.3. The van der Waals surface area contributed by atoms with Crippen LogP contribution in [0.4, 0.5) is 9.93 Å². The lowest BCUT2D eigenvalue weighted by atomic mass is 9.80. The first-order valence-electron chi connectivity index (χ1n) is 10.6. The molecule has 1 aromatic heterocycles. The van der Waals surface area contributed by atoms with Gasteiger partial charge in [0.2, 0.25) is 0 Å². The van der Waals surface area contributed by atoms with Crippen molar-refractivity contribution < 1.29 is 4.79 Å². The standard InChI is InChI=1S/C22H28BN3OS/c23-20-15-24-21(28-20)25-22(27)26(18-9-5-2-6-10-18)19-13-11-17(12-14-19)16-7-3-1-4-8-16/h1,3-4,7-8,15,17-19H,2,5-6,9-14H2,(H,24,25,27). The van der Waals surface area contributed by atoms with E-state index >= 15 is 0 Å². The first kappa shape index (κ1) is 19.5. The highest BCUT2D eigenvalue weighted by molar-refractivity contribution is 7.23. The number of thiazole rings is 1. The highest BCUT2D eigenvalue weighted by Gasteiger charge is 2.34. The Morgan fingerprint density at radius 2 is 1.68 bits per heavy atom. The van der Waals surface area contributed by atoms with Gasteiger partial charge in [-0.05, 0) is 54.8 Å². The number of carbonyl (C=O) groups is 1. The van der Waals surface area contributed by atoms with Crippen molar-refractivity contribution in [2.45, 2.75) is 75.8 Å². The SMILES string of the molecule is [B]c1cnc(NC(=O)N(C2CCCCC2)C2CCC(c3ccccc3)CC2)s1. The minimum Gasteiger partial charge on any atom is -0.319 e. The second-order valence-electron chi connectivity index (χ2n) is 8.11. The van der Waals surface area contributed by atoms with Crippen LogP contribution in [-0.2, 0) is 0 Å². The van der Waals surface area contributed by atoms with Gasteiger partial charge in [-0.3, -0.25) is 5.32 Å². The Bertz CT molecular complexity index is 767. The molecule has 1 aromatic carbocycles. The topological polar surface area (TPSA) is 45.2 Å². The van der Waals surface area contributed by atoms with E-state index in [4.69, 9.17) is 7.85 Å². The van der Waals surface area contributed by atoms with E-state index < -0.39 is 0 Å². The largest absolute Gasteiger partial charge is 0.324 e. The van der Waals surface area contributed by atoms with E-state index in [2.05, 4.69) is 45.5 Å². The van der Waals surface area contributed by atoms with Crippen LogP contribution in [0.3, 0.4) is 0 Å². The fourth-order valence-electron chi connectivity index (χ4n) is 4.90. The monoisotopic (exact) mass is 393 g/mol. The van der Waals surface area contributed by atoms with Crippen molar-refractivity contribution in [1.29, 1.82) is 0 Å². The maximum absolute atomic E-state index is 13.2. The summed E-state index contributed by atoms with van der Waals surface area (Å²) in [7, 11) is 5.78. The lowest BCUT2D eigenvalue weighted by Gasteiger charge is -2.42. The Kier molecular flexibility index (Phi) is 6.35. The number of urea groups is 1. The predicted octanol–water partition coefficient (Wildman–Crippen LogP) is 4.83. The lowest BCUT2D eigenvalue weighted by Crippen LogP contribution is -2.50. The highest BCUT2D eigenvalue weighted by Crippen LogP contribution is 2.37. The van der Waals surface area contributed by atoms with Gasteiger partial charge in [0, 0.05) is 18.3 Å². The van der Waals surface area contributed by atoms with Crippen molar-refractivity contribution in [3.63, 3.8) is 0 Å². The van der Waals surface area contributed by atoms with Gasteiger partial charge in [0.1, 0.15) is 7.85 Å². The molecule has 0 aliphatic heterocycles. The number of amides is 2. The molecular formula is C22H28BN3OS. The lowest BCUT2D eigenvalue weighted by molar-refractivity contribution is 0.110. The summed E-state index contributed by atoms with van der Waals surface area (Å²) in [6, 6.07) is 11.5. The summed E-state index contributed by atoms with van der Waals surface area (Å²) in [5, 5.41) is 3.61. The van der Waals surface area contributed by atoms with Crippen molar-refractivity contribution in [1.82, 2.24) is 9.88 Å². The summed E-state index contributed by atoms with van der Waals surface area (Å²) in [6.45, 7) is 0. The van der Waals surface area contributed by atoms with E-state index in [1.165, 1.54) is 36.2 Å². The summed E-state index contributed by atoms with van der Waals surface area (Å²) in [5.41, 5.74) is 1.44. The van der Waals surface area contributed by atoms with Crippen LogP contribution in [0, 0.1) is 0 Å². The average molecular weight is 393 g/mol. The molecule has 0 unspecified atom stereocenters. The minimum absolute atomic E-state index is 0.00408. The van der Waals surface area contributed by atoms with Crippen molar-refractivity contribution in [2.75, 3.05) is 5.32 Å². The van der Waals surface area contributed by atoms with Crippen LogP contribution >= 0.6 is 11.3 Å². The van der Waals surface area contributed by atoms with E-state index in [0.717, 1.165) is 38.5 Å². The number of anilines is 1. The van der Waals surface area contributed by atoms with Gasteiger partial charge in [-0.1, -0.05) is 49.6 Å². The third-order valence-corrected chi connectivity index (χ3v) is 7.04. The maximum atomic E-state index is 13.2. The molecule has 2 aliphatic carbocycles. The van der Waals surface area contributed by atoms with Crippen LogP contribution in [0.2, 0.25) is 0 Å². The van der Waals surface area contributed by atoms with E-state index in [0.29, 0.717) is 27.9 Å².